The first-order chi connectivity index (χ1) is 41.0. The number of amides is 1. The molecule has 6 heteroatoms. The summed E-state index contributed by atoms with van der Waals surface area (Å²) in [5.41, 5.74) is 0. The van der Waals surface area contributed by atoms with Gasteiger partial charge in [-0.3, -0.25) is 9.59 Å². The molecule has 490 valence electrons. The van der Waals surface area contributed by atoms with Crippen molar-refractivity contribution in [1.29, 1.82) is 0 Å². The molecule has 0 aromatic rings. The summed E-state index contributed by atoms with van der Waals surface area (Å²) in [5.74, 6) is -0.0537. The van der Waals surface area contributed by atoms with Crippen molar-refractivity contribution in [1.82, 2.24) is 5.32 Å². The van der Waals surface area contributed by atoms with Crippen LogP contribution >= 0.6 is 0 Å². The molecule has 0 spiro atoms. The van der Waals surface area contributed by atoms with Crippen molar-refractivity contribution in [2.75, 3.05) is 13.2 Å². The number of carbonyl (C=O) groups is 2. The quantitative estimate of drug-likeness (QED) is 0.0320. The van der Waals surface area contributed by atoms with Crippen LogP contribution in [0.3, 0.4) is 0 Å². The molecule has 0 heterocycles. The Morgan fingerprint density at radius 3 is 0.940 bits per heavy atom. The number of ether oxygens (including phenoxy) is 1. The van der Waals surface area contributed by atoms with Crippen LogP contribution in [0.25, 0.3) is 0 Å². The van der Waals surface area contributed by atoms with Crippen molar-refractivity contribution >= 4 is 11.9 Å². The van der Waals surface area contributed by atoms with Crippen molar-refractivity contribution in [3.05, 3.63) is 36.5 Å². The summed E-state index contributed by atoms with van der Waals surface area (Å²) in [7, 11) is 0. The summed E-state index contributed by atoms with van der Waals surface area (Å²) in [4.78, 5) is 24.6. The Kier molecular flexibility index (Phi) is 70.9. The van der Waals surface area contributed by atoms with E-state index in [9.17, 15) is 19.8 Å². The molecule has 83 heavy (non-hydrogen) atoms. The Labute approximate surface area is 519 Å². The van der Waals surface area contributed by atoms with Gasteiger partial charge in [-0.15, -0.1) is 0 Å². The predicted molar refractivity (Wildman–Crippen MR) is 366 cm³/mol. The molecule has 0 aromatic heterocycles. The molecule has 0 saturated heterocycles. The third-order valence-electron chi connectivity index (χ3n) is 17.7. The molecule has 0 aliphatic heterocycles. The normalized spacial score (nSPS) is 12.7. The molecule has 0 rings (SSSR count). The number of hydrogen-bond donors (Lipinski definition) is 3. The Hall–Kier alpha value is -1.92. The minimum Gasteiger partial charge on any atom is -0.466 e. The fraction of sp³-hybridized carbons (Fsp3) is 0.896. The molecule has 2 unspecified atom stereocenters. The first kappa shape index (κ1) is 81.1. The number of carbonyl (C=O) groups excluding carboxylic acids is 2. The summed E-state index contributed by atoms with van der Waals surface area (Å²) in [6, 6.07) is -0.626. The van der Waals surface area contributed by atoms with Gasteiger partial charge in [0.2, 0.25) is 5.91 Å². The highest BCUT2D eigenvalue weighted by atomic mass is 16.5. The Morgan fingerprint density at radius 2 is 0.602 bits per heavy atom. The molecular weight excluding hydrogens is 1020 g/mol. The summed E-state index contributed by atoms with van der Waals surface area (Å²) in [6.45, 7) is 4.91. The van der Waals surface area contributed by atoms with Crippen LogP contribution in [0.1, 0.15) is 418 Å². The molecule has 0 bridgehead atoms. The van der Waals surface area contributed by atoms with E-state index in [1.165, 1.54) is 340 Å². The number of hydrogen-bond acceptors (Lipinski definition) is 5. The zero-order valence-corrected chi connectivity index (χ0v) is 56.2. The van der Waals surface area contributed by atoms with Gasteiger partial charge in [0.1, 0.15) is 0 Å². The average molecular weight is 1170 g/mol. The molecule has 0 aliphatic rings. The average Bonchev–Trinajstić information content (AvgIpc) is 3.49. The van der Waals surface area contributed by atoms with Gasteiger partial charge >= 0.3 is 5.97 Å². The molecule has 0 aliphatic carbocycles. The maximum absolute atomic E-state index is 12.5. The van der Waals surface area contributed by atoms with Gasteiger partial charge in [-0.2, -0.15) is 0 Å². The predicted octanol–water partition coefficient (Wildman–Crippen LogP) is 24.7. The van der Waals surface area contributed by atoms with E-state index in [1.807, 2.05) is 6.08 Å². The first-order valence-electron chi connectivity index (χ1n) is 37.8. The van der Waals surface area contributed by atoms with E-state index in [0.29, 0.717) is 19.4 Å². The minimum atomic E-state index is -0.843. The number of allylic oxidation sites excluding steroid dienone is 5. The van der Waals surface area contributed by atoms with E-state index < -0.39 is 12.1 Å². The zero-order valence-electron chi connectivity index (χ0n) is 56.2. The maximum atomic E-state index is 12.5. The molecule has 0 aromatic carbocycles. The van der Waals surface area contributed by atoms with Crippen molar-refractivity contribution in [3.63, 3.8) is 0 Å². The first-order valence-corrected chi connectivity index (χ1v) is 37.8. The van der Waals surface area contributed by atoms with Crippen LogP contribution in [0.4, 0.5) is 0 Å². The van der Waals surface area contributed by atoms with Gasteiger partial charge in [0.05, 0.1) is 25.4 Å². The molecule has 3 N–H and O–H groups in total. The van der Waals surface area contributed by atoms with E-state index in [1.54, 1.807) is 6.08 Å². The number of esters is 1. The summed E-state index contributed by atoms with van der Waals surface area (Å²) in [6.07, 6.45) is 93.9. The van der Waals surface area contributed by atoms with Crippen LogP contribution in [-0.4, -0.2) is 47.4 Å². The smallest absolute Gasteiger partial charge is 0.305 e. The molecular formula is C77H147NO5. The molecule has 0 saturated carbocycles. The van der Waals surface area contributed by atoms with Gasteiger partial charge in [-0.25, -0.2) is 0 Å². The lowest BCUT2D eigenvalue weighted by Crippen LogP contribution is -2.45. The third-order valence-corrected chi connectivity index (χ3v) is 17.7. The van der Waals surface area contributed by atoms with Gasteiger partial charge in [-0.1, -0.05) is 378 Å². The lowest BCUT2D eigenvalue weighted by atomic mass is 10.0. The van der Waals surface area contributed by atoms with E-state index in [0.717, 1.165) is 51.4 Å². The second kappa shape index (κ2) is 72.6. The Bertz CT molecular complexity index is 1340. The summed E-state index contributed by atoms with van der Waals surface area (Å²) >= 11 is 0. The van der Waals surface area contributed by atoms with Gasteiger partial charge in [0, 0.05) is 12.8 Å². The summed E-state index contributed by atoms with van der Waals surface area (Å²) in [5, 5.41) is 23.3. The third kappa shape index (κ3) is 69.1. The highest BCUT2D eigenvalue weighted by Gasteiger charge is 2.18. The van der Waals surface area contributed by atoms with E-state index >= 15 is 0 Å². The van der Waals surface area contributed by atoms with Crippen LogP contribution in [0, 0.1) is 0 Å². The maximum Gasteiger partial charge on any atom is 0.305 e. The standard InChI is InChI=1S/C77H147NO5/c1-3-5-7-9-11-13-15-17-19-20-21-32-35-38-42-45-49-53-57-61-65-69-75(80)74(73-79)78-76(81)70-66-62-58-54-50-46-43-39-36-33-30-28-26-24-22-23-25-27-29-31-34-37-40-44-48-52-56-60-64-68-72-83-77(82)71-67-63-59-55-51-47-41-18-16-14-12-10-8-6-4-2/h12,14,18,41,65,69,74-75,79-80H,3-11,13,15-17,19-40,42-64,66-68,70-73H2,1-2H3,(H,78,81)/b14-12-,41-18-,69-65+. The second-order valence-electron chi connectivity index (χ2n) is 26.0. The highest BCUT2D eigenvalue weighted by molar-refractivity contribution is 5.76. The lowest BCUT2D eigenvalue weighted by Gasteiger charge is -2.20. The monoisotopic (exact) mass is 1170 g/mol. The minimum absolute atomic E-state index is 0.00630. The molecule has 0 radical (unpaired) electrons. The van der Waals surface area contributed by atoms with Crippen LogP contribution in [0.2, 0.25) is 0 Å². The largest absolute Gasteiger partial charge is 0.466 e. The van der Waals surface area contributed by atoms with Crippen LogP contribution in [-0.2, 0) is 14.3 Å². The topological polar surface area (TPSA) is 95.9 Å². The van der Waals surface area contributed by atoms with Gasteiger partial charge in [-0.05, 0) is 64.2 Å². The fourth-order valence-corrected chi connectivity index (χ4v) is 11.9. The van der Waals surface area contributed by atoms with Crippen molar-refractivity contribution in [2.24, 2.45) is 0 Å². The fourth-order valence-electron chi connectivity index (χ4n) is 11.9. The second-order valence-corrected chi connectivity index (χ2v) is 26.0. The van der Waals surface area contributed by atoms with Gasteiger partial charge in [0.15, 0.2) is 0 Å². The molecule has 0 fully saturated rings. The Morgan fingerprint density at radius 1 is 0.337 bits per heavy atom. The molecule has 2 atom stereocenters. The van der Waals surface area contributed by atoms with Crippen LogP contribution < -0.4 is 5.32 Å². The number of nitrogens with one attached hydrogen (secondary N) is 1. The number of rotatable bonds is 71. The van der Waals surface area contributed by atoms with E-state index in [4.69, 9.17) is 4.74 Å². The van der Waals surface area contributed by atoms with Gasteiger partial charge < -0.3 is 20.3 Å². The Balaban J connectivity index is 3.36. The van der Waals surface area contributed by atoms with E-state index in [-0.39, 0.29) is 18.5 Å². The highest BCUT2D eigenvalue weighted by Crippen LogP contribution is 2.19. The van der Waals surface area contributed by atoms with Crippen molar-refractivity contribution in [3.8, 4) is 0 Å². The summed E-state index contributed by atoms with van der Waals surface area (Å²) < 4.78 is 5.49. The van der Waals surface area contributed by atoms with Gasteiger partial charge in [0.25, 0.3) is 0 Å². The zero-order chi connectivity index (χ0) is 59.9. The number of aliphatic hydroxyl groups is 2. The van der Waals surface area contributed by atoms with Crippen molar-refractivity contribution in [2.45, 2.75) is 431 Å². The molecule has 1 amide bonds. The lowest BCUT2D eigenvalue weighted by molar-refractivity contribution is -0.143. The number of aliphatic hydroxyl groups excluding tert-OH is 2. The molecule has 6 nitrogen and oxygen atoms in total. The van der Waals surface area contributed by atoms with E-state index in [2.05, 4.69) is 43.5 Å². The SMILES string of the molecule is CCCCC/C=C\C/C=C\CCCCCCCC(=O)OCCCCCCCCCCCCCCCCCCCCCCCCCCCCCCCCC(=O)NC(CO)C(O)/C=C/CCCCCCCCCCCCCCCCCCCCC. The van der Waals surface area contributed by atoms with Crippen LogP contribution in [0.15, 0.2) is 36.5 Å². The number of unbranched alkanes of at least 4 members (excludes halogenated alkanes) is 56. The van der Waals surface area contributed by atoms with Crippen molar-refractivity contribution < 1.29 is 24.5 Å². The van der Waals surface area contributed by atoms with Crippen LogP contribution in [0.5, 0.6) is 0 Å².